The van der Waals surface area contributed by atoms with Crippen molar-refractivity contribution >= 4 is 29.1 Å². The second-order valence-electron chi connectivity index (χ2n) is 7.50. The molecule has 3 aromatic rings. The minimum atomic E-state index is -0.330. The Morgan fingerprint density at radius 1 is 1.03 bits per heavy atom. The van der Waals surface area contributed by atoms with Crippen molar-refractivity contribution in [3.63, 3.8) is 0 Å². The van der Waals surface area contributed by atoms with E-state index in [4.69, 9.17) is 0 Å². The molecule has 0 radical (unpaired) electrons. The molecule has 0 aliphatic carbocycles. The second-order valence-corrected chi connectivity index (χ2v) is 7.50. The van der Waals surface area contributed by atoms with Gasteiger partial charge in [0.05, 0.1) is 17.5 Å². The fourth-order valence-electron chi connectivity index (χ4n) is 3.35. The molecular formula is C23H28ClFN4O2. The van der Waals surface area contributed by atoms with E-state index in [1.54, 1.807) is 35.2 Å². The Kier molecular flexibility index (Phi) is 8.71. The summed E-state index contributed by atoms with van der Waals surface area (Å²) in [4.78, 5) is 29.4. The molecule has 0 N–H and O–H groups in total. The molecule has 0 spiro atoms. The molecule has 0 saturated heterocycles. The van der Waals surface area contributed by atoms with Gasteiger partial charge in [-0.2, -0.15) is 5.10 Å². The van der Waals surface area contributed by atoms with E-state index in [0.717, 1.165) is 0 Å². The number of aromatic nitrogens is 2. The molecule has 8 heteroatoms. The summed E-state index contributed by atoms with van der Waals surface area (Å²) in [6.07, 6.45) is 0.0443. The van der Waals surface area contributed by atoms with Gasteiger partial charge >= 0.3 is 0 Å². The fourth-order valence-corrected chi connectivity index (χ4v) is 3.35. The standard InChI is InChI=1S/C23H27FN4O2.ClH/c1-4-28-23(30)19-11-7-6-10-18(19)21(25-28)15-22(29)27(14-13-26(2)3)16-17-9-5-8-12-20(17)24;/h5-12H,4,13-16H2,1-3H3;1H. The summed E-state index contributed by atoms with van der Waals surface area (Å²) in [6.45, 7) is 3.57. The smallest absolute Gasteiger partial charge is 0.274 e. The van der Waals surface area contributed by atoms with Crippen molar-refractivity contribution in [1.82, 2.24) is 19.6 Å². The number of aryl methyl sites for hydroxylation is 1. The van der Waals surface area contributed by atoms with Crippen LogP contribution in [-0.2, 0) is 24.3 Å². The van der Waals surface area contributed by atoms with E-state index in [9.17, 15) is 14.0 Å². The van der Waals surface area contributed by atoms with Crippen LogP contribution in [0.1, 0.15) is 18.2 Å². The van der Waals surface area contributed by atoms with E-state index in [-0.39, 0.29) is 42.7 Å². The third-order valence-electron chi connectivity index (χ3n) is 5.05. The molecule has 1 heterocycles. The number of likely N-dealkylation sites (N-methyl/N-ethyl adjacent to an activating group) is 1. The van der Waals surface area contributed by atoms with Gasteiger partial charge in [-0.05, 0) is 33.2 Å². The number of rotatable bonds is 8. The van der Waals surface area contributed by atoms with Crippen LogP contribution in [0, 0.1) is 5.82 Å². The molecule has 0 saturated carbocycles. The normalized spacial score (nSPS) is 10.9. The van der Waals surface area contributed by atoms with Crippen LogP contribution in [-0.4, -0.2) is 52.7 Å². The Morgan fingerprint density at radius 3 is 2.32 bits per heavy atom. The van der Waals surface area contributed by atoms with Crippen LogP contribution < -0.4 is 5.56 Å². The molecule has 0 aliphatic rings. The highest BCUT2D eigenvalue weighted by molar-refractivity contribution is 5.88. The van der Waals surface area contributed by atoms with Gasteiger partial charge in [-0.25, -0.2) is 9.07 Å². The maximum atomic E-state index is 14.2. The third kappa shape index (κ3) is 5.89. The van der Waals surface area contributed by atoms with Crippen LogP contribution in [0.2, 0.25) is 0 Å². The van der Waals surface area contributed by atoms with E-state index in [0.29, 0.717) is 41.7 Å². The van der Waals surface area contributed by atoms with Crippen molar-refractivity contribution in [2.45, 2.75) is 26.4 Å². The lowest BCUT2D eigenvalue weighted by molar-refractivity contribution is -0.131. The largest absolute Gasteiger partial charge is 0.337 e. The van der Waals surface area contributed by atoms with E-state index in [2.05, 4.69) is 5.10 Å². The van der Waals surface area contributed by atoms with Crippen molar-refractivity contribution in [2.75, 3.05) is 27.2 Å². The van der Waals surface area contributed by atoms with Gasteiger partial charge in [0.2, 0.25) is 5.91 Å². The monoisotopic (exact) mass is 446 g/mol. The van der Waals surface area contributed by atoms with Gasteiger partial charge in [-0.15, -0.1) is 12.4 Å². The van der Waals surface area contributed by atoms with Crippen molar-refractivity contribution in [3.8, 4) is 0 Å². The molecule has 3 rings (SSSR count). The second kappa shape index (κ2) is 11.0. The fraction of sp³-hybridized carbons (Fsp3) is 0.348. The van der Waals surface area contributed by atoms with Gasteiger partial charge in [0.25, 0.3) is 5.56 Å². The van der Waals surface area contributed by atoms with E-state index in [1.807, 2.05) is 38.1 Å². The van der Waals surface area contributed by atoms with Crippen LogP contribution in [0.25, 0.3) is 10.8 Å². The molecule has 1 amide bonds. The van der Waals surface area contributed by atoms with Crippen LogP contribution in [0.4, 0.5) is 4.39 Å². The average molecular weight is 447 g/mol. The molecule has 0 fully saturated rings. The summed E-state index contributed by atoms with van der Waals surface area (Å²) in [7, 11) is 3.86. The highest BCUT2D eigenvalue weighted by atomic mass is 35.5. The Bertz CT molecular complexity index is 1100. The summed E-state index contributed by atoms with van der Waals surface area (Å²) < 4.78 is 15.6. The zero-order chi connectivity index (χ0) is 21.7. The molecular weight excluding hydrogens is 419 g/mol. The molecule has 0 bridgehead atoms. The topological polar surface area (TPSA) is 58.4 Å². The zero-order valence-electron chi connectivity index (χ0n) is 18.0. The number of nitrogens with zero attached hydrogens (tertiary/aromatic N) is 4. The summed E-state index contributed by atoms with van der Waals surface area (Å²) in [5.74, 6) is -0.484. The number of carbonyl (C=O) groups is 1. The predicted molar refractivity (Wildman–Crippen MR) is 123 cm³/mol. The zero-order valence-corrected chi connectivity index (χ0v) is 18.9. The first kappa shape index (κ1) is 24.5. The molecule has 6 nitrogen and oxygen atoms in total. The summed E-state index contributed by atoms with van der Waals surface area (Å²) in [5, 5.41) is 5.66. The Morgan fingerprint density at radius 2 is 1.68 bits per heavy atom. The molecule has 0 atom stereocenters. The number of hydrogen-bond donors (Lipinski definition) is 0. The summed E-state index contributed by atoms with van der Waals surface area (Å²) in [5.41, 5.74) is 0.863. The summed E-state index contributed by atoms with van der Waals surface area (Å²) >= 11 is 0. The number of carbonyl (C=O) groups excluding carboxylic acids is 1. The first-order valence-electron chi connectivity index (χ1n) is 10.0. The molecule has 1 aromatic heterocycles. The lowest BCUT2D eigenvalue weighted by Gasteiger charge is -2.25. The SMILES string of the molecule is CCn1nc(CC(=O)N(CCN(C)C)Cc2ccccc2F)c2ccccc2c1=O.Cl. The van der Waals surface area contributed by atoms with E-state index < -0.39 is 0 Å². The van der Waals surface area contributed by atoms with Gasteiger partial charge < -0.3 is 9.80 Å². The molecule has 0 aliphatic heterocycles. The number of halogens is 2. The first-order chi connectivity index (χ1) is 14.4. The highest BCUT2D eigenvalue weighted by Crippen LogP contribution is 2.16. The number of amides is 1. The number of fused-ring (bicyclic) bond motifs is 1. The molecule has 2 aromatic carbocycles. The number of benzene rings is 2. The van der Waals surface area contributed by atoms with Gasteiger partial charge in [-0.3, -0.25) is 9.59 Å². The van der Waals surface area contributed by atoms with E-state index >= 15 is 0 Å². The Balaban J connectivity index is 0.00000341. The minimum Gasteiger partial charge on any atom is -0.337 e. The predicted octanol–water partition coefficient (Wildman–Crippen LogP) is 3.11. The maximum absolute atomic E-state index is 14.2. The van der Waals surface area contributed by atoms with Gasteiger partial charge in [0.15, 0.2) is 0 Å². The van der Waals surface area contributed by atoms with Gasteiger partial charge in [0.1, 0.15) is 5.82 Å². The minimum absolute atomic E-state index is 0. The first-order valence-corrected chi connectivity index (χ1v) is 10.0. The van der Waals surface area contributed by atoms with Crippen LogP contribution in [0.5, 0.6) is 0 Å². The maximum Gasteiger partial charge on any atom is 0.274 e. The highest BCUT2D eigenvalue weighted by Gasteiger charge is 2.19. The van der Waals surface area contributed by atoms with Crippen LogP contribution >= 0.6 is 12.4 Å². The van der Waals surface area contributed by atoms with Crippen LogP contribution in [0.3, 0.4) is 0 Å². The van der Waals surface area contributed by atoms with Crippen molar-refractivity contribution in [2.24, 2.45) is 0 Å². The molecule has 166 valence electrons. The Hall–Kier alpha value is -2.77. The van der Waals surface area contributed by atoms with Crippen molar-refractivity contribution < 1.29 is 9.18 Å². The lowest BCUT2D eigenvalue weighted by atomic mass is 10.1. The van der Waals surface area contributed by atoms with E-state index in [1.165, 1.54) is 10.7 Å². The lowest BCUT2D eigenvalue weighted by Crippen LogP contribution is -2.38. The van der Waals surface area contributed by atoms with Gasteiger partial charge in [-0.1, -0.05) is 36.4 Å². The third-order valence-corrected chi connectivity index (χ3v) is 5.05. The average Bonchev–Trinajstić information content (AvgIpc) is 2.74. The van der Waals surface area contributed by atoms with Crippen molar-refractivity contribution in [1.29, 1.82) is 0 Å². The number of hydrogen-bond acceptors (Lipinski definition) is 4. The quantitative estimate of drug-likeness (QED) is 0.533. The van der Waals surface area contributed by atoms with Crippen LogP contribution in [0.15, 0.2) is 53.3 Å². The summed E-state index contributed by atoms with van der Waals surface area (Å²) in [6, 6.07) is 13.7. The Labute approximate surface area is 187 Å². The van der Waals surface area contributed by atoms with Gasteiger partial charge in [0, 0.05) is 37.1 Å². The molecule has 31 heavy (non-hydrogen) atoms. The van der Waals surface area contributed by atoms with Crippen molar-refractivity contribution in [3.05, 3.63) is 76.0 Å². The molecule has 0 unspecified atom stereocenters.